The lowest BCUT2D eigenvalue weighted by Crippen LogP contribution is -2.54. The van der Waals surface area contributed by atoms with Crippen molar-refractivity contribution < 1.29 is 0 Å². The summed E-state index contributed by atoms with van der Waals surface area (Å²) in [6.45, 7) is 0. The third kappa shape index (κ3) is 1.93. The van der Waals surface area contributed by atoms with Gasteiger partial charge in [-0.25, -0.2) is 0 Å². The smallest absolute Gasteiger partial charge is 0.109 e. The van der Waals surface area contributed by atoms with Crippen LogP contribution in [0.5, 0.6) is 0 Å². The highest BCUT2D eigenvalue weighted by molar-refractivity contribution is 5.70. The minimum atomic E-state index is -0.917. The van der Waals surface area contributed by atoms with E-state index in [1.54, 1.807) is 6.08 Å². The van der Waals surface area contributed by atoms with Gasteiger partial charge in [0.1, 0.15) is 5.66 Å². The fourth-order valence-electron chi connectivity index (χ4n) is 1.67. The van der Waals surface area contributed by atoms with Gasteiger partial charge in [-0.2, -0.15) is 0 Å². The average Bonchev–Trinajstić information content (AvgIpc) is 2.23. The molecule has 1 aliphatic carbocycles. The molecule has 0 spiro atoms. The first kappa shape index (κ1) is 9.96. The van der Waals surface area contributed by atoms with E-state index in [4.69, 9.17) is 17.2 Å². The van der Waals surface area contributed by atoms with Gasteiger partial charge in [0, 0.05) is 12.1 Å². The molecule has 0 aromatic heterocycles. The Balaban J connectivity index is 2.35. The third-order valence-corrected chi connectivity index (χ3v) is 2.63. The van der Waals surface area contributed by atoms with Crippen LogP contribution in [0.1, 0.15) is 12.0 Å². The molecule has 0 atom stereocenters. The van der Waals surface area contributed by atoms with Crippen LogP contribution in [0, 0.1) is 0 Å². The largest absolute Gasteiger partial charge is 0.399 e. The highest BCUT2D eigenvalue weighted by atomic mass is 15.0. The van der Waals surface area contributed by atoms with Crippen molar-refractivity contribution in [2.24, 2.45) is 17.2 Å². The van der Waals surface area contributed by atoms with Crippen LogP contribution >= 0.6 is 0 Å². The first-order chi connectivity index (χ1) is 7.09. The van der Waals surface area contributed by atoms with Crippen molar-refractivity contribution in [2.75, 3.05) is 0 Å². The quantitative estimate of drug-likeness (QED) is 0.591. The van der Waals surface area contributed by atoms with Crippen LogP contribution in [0.3, 0.4) is 0 Å². The maximum atomic E-state index is 5.89. The van der Waals surface area contributed by atoms with Crippen LogP contribution in [-0.4, -0.2) is 5.66 Å². The Morgan fingerprint density at radius 1 is 1.00 bits per heavy atom. The van der Waals surface area contributed by atoms with Crippen molar-refractivity contribution in [2.45, 2.75) is 12.1 Å². The Morgan fingerprint density at radius 3 is 2.27 bits per heavy atom. The van der Waals surface area contributed by atoms with Crippen LogP contribution in [0.25, 0.3) is 5.57 Å². The molecule has 0 fully saturated rings. The third-order valence-electron chi connectivity index (χ3n) is 2.63. The van der Waals surface area contributed by atoms with E-state index in [9.17, 15) is 0 Å². The Hall–Kier alpha value is -1.58. The summed E-state index contributed by atoms with van der Waals surface area (Å²) in [6.07, 6.45) is 4.33. The zero-order chi connectivity index (χ0) is 10.9. The van der Waals surface area contributed by atoms with Crippen molar-refractivity contribution >= 4 is 5.57 Å². The Bertz CT molecular complexity index is 416. The molecule has 0 bridgehead atoms. The summed E-state index contributed by atoms with van der Waals surface area (Å²) in [5.74, 6) is 0. The van der Waals surface area contributed by atoms with Crippen LogP contribution in [0.2, 0.25) is 0 Å². The van der Waals surface area contributed by atoms with Crippen molar-refractivity contribution in [3.8, 4) is 0 Å². The maximum Gasteiger partial charge on any atom is 0.109 e. The molecule has 0 saturated heterocycles. The Labute approximate surface area is 89.3 Å². The van der Waals surface area contributed by atoms with E-state index in [0.717, 1.165) is 11.1 Å². The monoisotopic (exact) mass is 201 g/mol. The van der Waals surface area contributed by atoms with Gasteiger partial charge in [0.05, 0.1) is 0 Å². The fourth-order valence-corrected chi connectivity index (χ4v) is 1.67. The number of rotatable bonds is 1. The Kier molecular flexibility index (Phi) is 2.34. The average molecular weight is 201 g/mol. The molecule has 3 nitrogen and oxygen atoms in total. The van der Waals surface area contributed by atoms with Gasteiger partial charge < -0.3 is 17.2 Å². The highest BCUT2D eigenvalue weighted by Crippen LogP contribution is 2.27. The zero-order valence-corrected chi connectivity index (χ0v) is 8.48. The van der Waals surface area contributed by atoms with Gasteiger partial charge in [-0.15, -0.1) is 0 Å². The van der Waals surface area contributed by atoms with Gasteiger partial charge >= 0.3 is 0 Å². The molecule has 3 heteroatoms. The number of hydrogen-bond donors (Lipinski definition) is 3. The van der Waals surface area contributed by atoms with Gasteiger partial charge in [0.2, 0.25) is 0 Å². The summed E-state index contributed by atoms with van der Waals surface area (Å²) in [6, 6.07) is 10.0. The number of hydrogen-bond acceptors (Lipinski definition) is 3. The summed E-state index contributed by atoms with van der Waals surface area (Å²) in [5, 5.41) is 0. The molecule has 1 aromatic rings. The van der Waals surface area contributed by atoms with Gasteiger partial charge in [-0.3, -0.25) is 0 Å². The molecule has 0 heterocycles. The van der Waals surface area contributed by atoms with Crippen LogP contribution in [0.4, 0.5) is 0 Å². The molecule has 0 unspecified atom stereocenters. The highest BCUT2D eigenvalue weighted by Gasteiger charge is 2.26. The van der Waals surface area contributed by atoms with E-state index in [2.05, 4.69) is 0 Å². The standard InChI is InChI=1S/C12H15N3/c13-11-7-6-10(8-12(11,14)15)9-4-2-1-3-5-9/h1-7H,8,13-15H2. The molecule has 1 aromatic carbocycles. The number of benzene rings is 1. The minimum Gasteiger partial charge on any atom is -0.399 e. The molecule has 1 aliphatic rings. The van der Waals surface area contributed by atoms with E-state index in [-0.39, 0.29) is 0 Å². The van der Waals surface area contributed by atoms with Crippen LogP contribution in [0.15, 0.2) is 48.2 Å². The molecule has 0 radical (unpaired) electrons. The maximum absolute atomic E-state index is 5.89. The lowest BCUT2D eigenvalue weighted by molar-refractivity contribution is 0.523. The molecule has 15 heavy (non-hydrogen) atoms. The number of nitrogens with two attached hydrogens (primary N) is 3. The zero-order valence-electron chi connectivity index (χ0n) is 8.48. The molecule has 2 rings (SSSR count). The molecule has 0 amide bonds. The Morgan fingerprint density at radius 2 is 1.67 bits per heavy atom. The van der Waals surface area contributed by atoms with Crippen LogP contribution < -0.4 is 17.2 Å². The predicted octanol–water partition coefficient (Wildman–Crippen LogP) is 0.930. The summed E-state index contributed by atoms with van der Waals surface area (Å²) >= 11 is 0. The number of allylic oxidation sites excluding steroid dienone is 2. The van der Waals surface area contributed by atoms with E-state index in [0.29, 0.717) is 12.1 Å². The van der Waals surface area contributed by atoms with Crippen molar-refractivity contribution in [3.05, 3.63) is 53.7 Å². The van der Waals surface area contributed by atoms with Crippen molar-refractivity contribution in [3.63, 3.8) is 0 Å². The normalized spacial score (nSPS) is 19.3. The lowest BCUT2D eigenvalue weighted by atomic mass is 9.89. The molecule has 6 N–H and O–H groups in total. The van der Waals surface area contributed by atoms with Crippen LogP contribution in [-0.2, 0) is 0 Å². The summed E-state index contributed by atoms with van der Waals surface area (Å²) in [7, 11) is 0. The van der Waals surface area contributed by atoms with Gasteiger partial charge in [0.15, 0.2) is 0 Å². The fraction of sp³-hybridized carbons (Fsp3) is 0.167. The van der Waals surface area contributed by atoms with Crippen molar-refractivity contribution in [1.29, 1.82) is 0 Å². The molecule has 0 aliphatic heterocycles. The van der Waals surface area contributed by atoms with E-state index >= 15 is 0 Å². The molecule has 78 valence electrons. The SMILES string of the molecule is NC1=CC=C(c2ccccc2)CC1(N)N. The first-order valence-electron chi connectivity index (χ1n) is 4.89. The first-order valence-corrected chi connectivity index (χ1v) is 4.89. The van der Waals surface area contributed by atoms with E-state index < -0.39 is 5.66 Å². The minimum absolute atomic E-state index is 0.530. The lowest BCUT2D eigenvalue weighted by Gasteiger charge is -2.29. The van der Waals surface area contributed by atoms with Crippen molar-refractivity contribution in [1.82, 2.24) is 0 Å². The van der Waals surface area contributed by atoms with Gasteiger partial charge in [0.25, 0.3) is 0 Å². The van der Waals surface area contributed by atoms with E-state index in [1.165, 1.54) is 0 Å². The summed E-state index contributed by atoms with van der Waals surface area (Å²) < 4.78 is 0. The summed E-state index contributed by atoms with van der Waals surface area (Å²) in [5.41, 5.74) is 19.4. The molecular formula is C12H15N3. The second kappa shape index (κ2) is 3.53. The van der Waals surface area contributed by atoms with Gasteiger partial charge in [-0.05, 0) is 17.2 Å². The molecule has 0 saturated carbocycles. The predicted molar refractivity (Wildman–Crippen MR) is 62.4 cm³/mol. The molecular weight excluding hydrogens is 186 g/mol. The summed E-state index contributed by atoms with van der Waals surface area (Å²) in [4.78, 5) is 0. The van der Waals surface area contributed by atoms with E-state index in [1.807, 2.05) is 36.4 Å². The second-order valence-corrected chi connectivity index (χ2v) is 3.90. The second-order valence-electron chi connectivity index (χ2n) is 3.90. The topological polar surface area (TPSA) is 78.1 Å². The van der Waals surface area contributed by atoms with Gasteiger partial charge in [-0.1, -0.05) is 36.4 Å².